The second kappa shape index (κ2) is 6.78. The van der Waals surface area contributed by atoms with E-state index in [0.717, 1.165) is 30.1 Å². The van der Waals surface area contributed by atoms with Crippen molar-refractivity contribution in [3.05, 3.63) is 55.2 Å². The van der Waals surface area contributed by atoms with Crippen molar-refractivity contribution >= 4 is 40.2 Å². The van der Waals surface area contributed by atoms with E-state index in [2.05, 4.69) is 30.0 Å². The van der Waals surface area contributed by atoms with Crippen LogP contribution in [0.25, 0.3) is 0 Å². The second-order valence-electron chi connectivity index (χ2n) is 5.64. The van der Waals surface area contributed by atoms with Crippen molar-refractivity contribution < 1.29 is 9.72 Å². The molecule has 1 aliphatic rings. The van der Waals surface area contributed by atoms with Gasteiger partial charge in [0.1, 0.15) is 4.88 Å². The molecule has 1 fully saturated rings. The first-order chi connectivity index (χ1) is 11.5. The van der Waals surface area contributed by atoms with Crippen molar-refractivity contribution in [2.75, 3.05) is 31.1 Å². The monoisotopic (exact) mass is 365 g/mol. The van der Waals surface area contributed by atoms with Gasteiger partial charge in [0, 0.05) is 37.9 Å². The van der Waals surface area contributed by atoms with Crippen LogP contribution in [0.5, 0.6) is 0 Å². The fourth-order valence-electron chi connectivity index (χ4n) is 2.74. The molecule has 0 bridgehead atoms. The molecule has 8 heteroatoms. The van der Waals surface area contributed by atoms with Gasteiger partial charge in [-0.3, -0.25) is 14.9 Å². The summed E-state index contributed by atoms with van der Waals surface area (Å²) in [5.74, 6) is -0.195. The number of amides is 1. The quantitative estimate of drug-likeness (QED) is 0.616. The number of anilines is 1. The third-order valence-electron chi connectivity index (χ3n) is 4.01. The number of benzene rings is 1. The molecular formula is C16H16ClN3O3S. The van der Waals surface area contributed by atoms with Gasteiger partial charge in [0.25, 0.3) is 11.6 Å². The van der Waals surface area contributed by atoms with E-state index >= 15 is 0 Å². The molecular weight excluding hydrogens is 350 g/mol. The summed E-state index contributed by atoms with van der Waals surface area (Å²) in [5.41, 5.74) is 2.15. The molecule has 3 rings (SSSR count). The lowest BCUT2D eigenvalue weighted by Gasteiger charge is -2.36. The maximum Gasteiger partial charge on any atom is 0.299 e. The predicted octanol–water partition coefficient (Wildman–Crippen LogP) is 3.58. The summed E-state index contributed by atoms with van der Waals surface area (Å²) in [4.78, 5) is 27.1. The SMILES string of the molecule is Cc1cccc(N2CCN(C(=O)c3cc([N+](=O)[O-])c(Cl)s3)CC2)c1. The number of piperazine rings is 1. The van der Waals surface area contributed by atoms with E-state index in [-0.39, 0.29) is 15.9 Å². The summed E-state index contributed by atoms with van der Waals surface area (Å²) in [6, 6.07) is 9.53. The van der Waals surface area contributed by atoms with Crippen LogP contribution >= 0.6 is 22.9 Å². The molecule has 0 unspecified atom stereocenters. The number of hydrogen-bond acceptors (Lipinski definition) is 5. The highest BCUT2D eigenvalue weighted by Gasteiger charge is 2.27. The fourth-order valence-corrected chi connectivity index (χ4v) is 3.93. The van der Waals surface area contributed by atoms with Gasteiger partial charge in [-0.1, -0.05) is 23.7 Å². The number of aryl methyl sites for hydroxylation is 1. The Labute approximate surface area is 148 Å². The minimum Gasteiger partial charge on any atom is -0.368 e. The highest BCUT2D eigenvalue weighted by Crippen LogP contribution is 2.34. The van der Waals surface area contributed by atoms with Gasteiger partial charge in [-0.15, -0.1) is 11.3 Å². The van der Waals surface area contributed by atoms with Gasteiger partial charge in [0.15, 0.2) is 4.34 Å². The van der Waals surface area contributed by atoms with Crippen LogP contribution in [-0.2, 0) is 0 Å². The second-order valence-corrected chi connectivity index (χ2v) is 7.30. The molecule has 0 saturated carbocycles. The summed E-state index contributed by atoms with van der Waals surface area (Å²) in [5, 5.41) is 10.9. The molecule has 0 atom stereocenters. The van der Waals surface area contributed by atoms with E-state index in [9.17, 15) is 14.9 Å². The lowest BCUT2D eigenvalue weighted by atomic mass is 10.2. The first-order valence-corrected chi connectivity index (χ1v) is 8.70. The predicted molar refractivity (Wildman–Crippen MR) is 95.3 cm³/mol. The zero-order valence-corrected chi connectivity index (χ0v) is 14.6. The highest BCUT2D eigenvalue weighted by molar-refractivity contribution is 7.18. The zero-order chi connectivity index (χ0) is 17.3. The standard InChI is InChI=1S/C16H16ClN3O3S/c1-11-3-2-4-12(9-11)18-5-7-19(8-6-18)16(21)14-10-13(20(22)23)15(17)24-14/h2-4,9-10H,5-8H2,1H3. The summed E-state index contributed by atoms with van der Waals surface area (Å²) in [6.07, 6.45) is 0. The number of nitro groups is 1. The Kier molecular flexibility index (Phi) is 4.73. The molecule has 0 radical (unpaired) electrons. The number of nitrogens with zero attached hydrogens (tertiary/aromatic N) is 3. The van der Waals surface area contributed by atoms with Crippen LogP contribution < -0.4 is 4.90 Å². The van der Waals surface area contributed by atoms with Crippen molar-refractivity contribution in [3.63, 3.8) is 0 Å². The van der Waals surface area contributed by atoms with E-state index in [1.165, 1.54) is 11.6 Å². The topological polar surface area (TPSA) is 66.7 Å². The van der Waals surface area contributed by atoms with E-state index in [1.54, 1.807) is 4.90 Å². The molecule has 1 saturated heterocycles. The molecule has 6 nitrogen and oxygen atoms in total. The van der Waals surface area contributed by atoms with Crippen LogP contribution in [0.15, 0.2) is 30.3 Å². The Morgan fingerprint density at radius 3 is 2.54 bits per heavy atom. The van der Waals surface area contributed by atoms with E-state index in [1.807, 2.05) is 6.07 Å². The van der Waals surface area contributed by atoms with Crippen LogP contribution in [0.3, 0.4) is 0 Å². The number of hydrogen-bond donors (Lipinski definition) is 0. The first-order valence-electron chi connectivity index (χ1n) is 7.50. The van der Waals surface area contributed by atoms with Gasteiger partial charge >= 0.3 is 0 Å². The zero-order valence-electron chi connectivity index (χ0n) is 13.1. The van der Waals surface area contributed by atoms with Crippen LogP contribution in [0.1, 0.15) is 15.2 Å². The Balaban J connectivity index is 1.67. The van der Waals surface area contributed by atoms with E-state index in [0.29, 0.717) is 18.0 Å². The lowest BCUT2D eigenvalue weighted by molar-refractivity contribution is -0.384. The number of thiophene rings is 1. The van der Waals surface area contributed by atoms with Gasteiger partial charge in [0.2, 0.25) is 0 Å². The molecule has 1 aliphatic heterocycles. The molecule has 2 heterocycles. The Morgan fingerprint density at radius 2 is 1.96 bits per heavy atom. The number of carbonyl (C=O) groups excluding carboxylic acids is 1. The molecule has 0 N–H and O–H groups in total. The van der Waals surface area contributed by atoms with Crippen LogP contribution in [0.2, 0.25) is 4.34 Å². The normalized spacial score (nSPS) is 14.8. The third kappa shape index (κ3) is 3.37. The summed E-state index contributed by atoms with van der Waals surface area (Å²) in [7, 11) is 0. The molecule has 2 aromatic rings. The van der Waals surface area contributed by atoms with Gasteiger partial charge in [-0.05, 0) is 24.6 Å². The van der Waals surface area contributed by atoms with Crippen molar-refractivity contribution in [2.45, 2.75) is 6.92 Å². The van der Waals surface area contributed by atoms with Crippen molar-refractivity contribution in [1.29, 1.82) is 0 Å². The third-order valence-corrected chi connectivity index (χ3v) is 5.34. The minimum atomic E-state index is -0.564. The van der Waals surface area contributed by atoms with Crippen molar-refractivity contribution in [3.8, 4) is 0 Å². The van der Waals surface area contributed by atoms with Gasteiger partial charge in [-0.2, -0.15) is 0 Å². The smallest absolute Gasteiger partial charge is 0.299 e. The maximum atomic E-state index is 12.5. The summed E-state index contributed by atoms with van der Waals surface area (Å²) in [6.45, 7) is 4.68. The Morgan fingerprint density at radius 1 is 1.25 bits per heavy atom. The van der Waals surface area contributed by atoms with Crippen LogP contribution in [0.4, 0.5) is 11.4 Å². The summed E-state index contributed by atoms with van der Waals surface area (Å²) >= 11 is 6.80. The number of rotatable bonds is 3. The molecule has 126 valence electrons. The van der Waals surface area contributed by atoms with Gasteiger partial charge < -0.3 is 9.80 Å². The van der Waals surface area contributed by atoms with Crippen LogP contribution in [0, 0.1) is 17.0 Å². The summed E-state index contributed by atoms with van der Waals surface area (Å²) < 4.78 is 0.0433. The molecule has 24 heavy (non-hydrogen) atoms. The van der Waals surface area contributed by atoms with E-state index < -0.39 is 4.92 Å². The Bertz CT molecular complexity index is 785. The van der Waals surface area contributed by atoms with Crippen molar-refractivity contribution in [2.24, 2.45) is 0 Å². The molecule has 1 amide bonds. The number of carbonyl (C=O) groups is 1. The highest BCUT2D eigenvalue weighted by atomic mass is 35.5. The lowest BCUT2D eigenvalue weighted by Crippen LogP contribution is -2.48. The largest absolute Gasteiger partial charge is 0.368 e. The van der Waals surface area contributed by atoms with Crippen LogP contribution in [-0.4, -0.2) is 41.9 Å². The average molecular weight is 366 g/mol. The number of halogens is 1. The minimum absolute atomic E-state index is 0.0433. The molecule has 0 spiro atoms. The average Bonchev–Trinajstić information content (AvgIpc) is 2.96. The van der Waals surface area contributed by atoms with E-state index in [4.69, 9.17) is 11.6 Å². The first kappa shape index (κ1) is 16.7. The fraction of sp³-hybridized carbons (Fsp3) is 0.312. The molecule has 0 aliphatic carbocycles. The molecule has 1 aromatic carbocycles. The van der Waals surface area contributed by atoms with Crippen molar-refractivity contribution in [1.82, 2.24) is 4.90 Å². The van der Waals surface area contributed by atoms with Gasteiger partial charge in [0.05, 0.1) is 4.92 Å². The Hall–Kier alpha value is -2.12. The maximum absolute atomic E-state index is 12.5. The van der Waals surface area contributed by atoms with Gasteiger partial charge in [-0.25, -0.2) is 0 Å². The molecule has 1 aromatic heterocycles.